The van der Waals surface area contributed by atoms with E-state index in [1.165, 1.54) is 16.7 Å². The SMILES string of the molecule is Cc1cccc(OCC(=O)N/N=C2/SCC(=O)N2Cc2ccco2)c1. The van der Waals surface area contributed by atoms with Crippen LogP contribution in [0.25, 0.3) is 0 Å². The van der Waals surface area contributed by atoms with E-state index in [4.69, 9.17) is 9.15 Å². The first-order valence-electron chi connectivity index (χ1n) is 7.63. The number of thioether (sulfide) groups is 1. The molecule has 0 saturated carbocycles. The molecule has 3 rings (SSSR count). The molecule has 8 heteroatoms. The predicted octanol–water partition coefficient (Wildman–Crippen LogP) is 2.13. The molecule has 25 heavy (non-hydrogen) atoms. The molecule has 2 heterocycles. The van der Waals surface area contributed by atoms with Crippen LogP contribution < -0.4 is 10.2 Å². The molecule has 1 aromatic heterocycles. The van der Waals surface area contributed by atoms with Crippen LogP contribution in [0.15, 0.2) is 52.2 Å². The number of rotatable bonds is 6. The molecule has 1 fully saturated rings. The van der Waals surface area contributed by atoms with Crippen molar-refractivity contribution < 1.29 is 18.7 Å². The van der Waals surface area contributed by atoms with Gasteiger partial charge in [-0.15, -0.1) is 5.10 Å². The third-order valence-corrected chi connectivity index (χ3v) is 4.35. The maximum Gasteiger partial charge on any atom is 0.278 e. The average Bonchev–Trinajstić information content (AvgIpc) is 3.23. The zero-order valence-corrected chi connectivity index (χ0v) is 14.4. The number of hydrogen-bond acceptors (Lipinski definition) is 6. The fourth-order valence-electron chi connectivity index (χ4n) is 2.19. The molecule has 0 atom stereocenters. The van der Waals surface area contributed by atoms with E-state index in [0.717, 1.165) is 5.56 Å². The summed E-state index contributed by atoms with van der Waals surface area (Å²) in [6.45, 7) is 2.07. The number of aryl methyl sites for hydroxylation is 1. The van der Waals surface area contributed by atoms with Crippen LogP contribution in [-0.4, -0.2) is 34.2 Å². The number of nitrogens with zero attached hydrogens (tertiary/aromatic N) is 2. The van der Waals surface area contributed by atoms with Crippen molar-refractivity contribution in [3.8, 4) is 5.75 Å². The molecule has 1 aromatic carbocycles. The highest BCUT2D eigenvalue weighted by Crippen LogP contribution is 2.21. The molecular weight excluding hydrogens is 342 g/mol. The summed E-state index contributed by atoms with van der Waals surface area (Å²) < 4.78 is 10.7. The largest absolute Gasteiger partial charge is 0.484 e. The molecule has 0 unspecified atom stereocenters. The van der Waals surface area contributed by atoms with Gasteiger partial charge in [-0.1, -0.05) is 23.9 Å². The summed E-state index contributed by atoms with van der Waals surface area (Å²) in [4.78, 5) is 25.3. The summed E-state index contributed by atoms with van der Waals surface area (Å²) in [7, 11) is 0. The molecule has 130 valence electrons. The lowest BCUT2D eigenvalue weighted by molar-refractivity contribution is -0.125. The van der Waals surface area contributed by atoms with Crippen molar-refractivity contribution in [1.82, 2.24) is 10.3 Å². The van der Waals surface area contributed by atoms with Crippen molar-refractivity contribution in [2.24, 2.45) is 5.10 Å². The van der Waals surface area contributed by atoms with E-state index >= 15 is 0 Å². The Morgan fingerprint density at radius 2 is 2.28 bits per heavy atom. The average molecular weight is 359 g/mol. The molecule has 0 radical (unpaired) electrons. The van der Waals surface area contributed by atoms with Crippen LogP contribution >= 0.6 is 11.8 Å². The number of amidine groups is 1. The molecule has 0 bridgehead atoms. The number of hydrazone groups is 1. The number of furan rings is 1. The van der Waals surface area contributed by atoms with Crippen molar-refractivity contribution in [3.63, 3.8) is 0 Å². The molecule has 1 saturated heterocycles. The first-order valence-corrected chi connectivity index (χ1v) is 8.62. The highest BCUT2D eigenvalue weighted by Gasteiger charge is 2.29. The topological polar surface area (TPSA) is 84.1 Å². The monoisotopic (exact) mass is 359 g/mol. The van der Waals surface area contributed by atoms with Crippen molar-refractivity contribution >= 4 is 28.7 Å². The van der Waals surface area contributed by atoms with Crippen LogP contribution in [0.5, 0.6) is 5.75 Å². The van der Waals surface area contributed by atoms with Gasteiger partial charge in [-0.3, -0.25) is 14.5 Å². The second-order valence-electron chi connectivity index (χ2n) is 5.38. The van der Waals surface area contributed by atoms with E-state index in [2.05, 4.69) is 10.5 Å². The number of carbonyl (C=O) groups is 2. The second-order valence-corrected chi connectivity index (χ2v) is 6.32. The Morgan fingerprint density at radius 1 is 1.40 bits per heavy atom. The summed E-state index contributed by atoms with van der Waals surface area (Å²) in [5, 5.41) is 4.46. The minimum absolute atomic E-state index is 0.0783. The van der Waals surface area contributed by atoms with Crippen LogP contribution in [0, 0.1) is 6.92 Å². The van der Waals surface area contributed by atoms with E-state index in [1.54, 1.807) is 24.5 Å². The summed E-state index contributed by atoms with van der Waals surface area (Å²) in [6, 6.07) is 11.0. The summed E-state index contributed by atoms with van der Waals surface area (Å²) in [6.07, 6.45) is 1.55. The second kappa shape index (κ2) is 7.89. The smallest absolute Gasteiger partial charge is 0.278 e. The van der Waals surface area contributed by atoms with Crippen molar-refractivity contribution in [1.29, 1.82) is 0 Å². The van der Waals surface area contributed by atoms with Gasteiger partial charge in [-0.25, -0.2) is 5.43 Å². The number of nitrogens with one attached hydrogen (secondary N) is 1. The molecule has 1 aliphatic heterocycles. The number of hydrogen-bond donors (Lipinski definition) is 1. The van der Waals surface area contributed by atoms with Gasteiger partial charge in [0.05, 0.1) is 18.6 Å². The van der Waals surface area contributed by atoms with E-state index in [9.17, 15) is 9.59 Å². The molecule has 0 aliphatic carbocycles. The van der Waals surface area contributed by atoms with Crippen molar-refractivity contribution in [2.75, 3.05) is 12.4 Å². The number of amides is 2. The van der Waals surface area contributed by atoms with Gasteiger partial charge in [0.2, 0.25) is 5.91 Å². The maximum absolute atomic E-state index is 11.9. The van der Waals surface area contributed by atoms with Gasteiger partial charge in [-0.2, -0.15) is 0 Å². The number of benzene rings is 1. The van der Waals surface area contributed by atoms with E-state index in [1.807, 2.05) is 25.1 Å². The third kappa shape index (κ3) is 4.63. The molecule has 2 aromatic rings. The fourth-order valence-corrected chi connectivity index (χ4v) is 3.03. The van der Waals surface area contributed by atoms with Gasteiger partial charge < -0.3 is 9.15 Å². The number of carbonyl (C=O) groups excluding carboxylic acids is 2. The van der Waals surface area contributed by atoms with Crippen LogP contribution in [0.1, 0.15) is 11.3 Å². The first-order chi connectivity index (χ1) is 12.1. The van der Waals surface area contributed by atoms with Crippen molar-refractivity contribution in [3.05, 3.63) is 54.0 Å². The zero-order valence-electron chi connectivity index (χ0n) is 13.6. The lowest BCUT2D eigenvalue weighted by atomic mass is 10.2. The van der Waals surface area contributed by atoms with Crippen molar-refractivity contribution in [2.45, 2.75) is 13.5 Å². The Kier molecular flexibility index (Phi) is 5.39. The van der Waals surface area contributed by atoms with Crippen LogP contribution in [0.2, 0.25) is 0 Å². The molecule has 2 amide bonds. The molecular formula is C17H17N3O4S. The minimum atomic E-state index is -0.396. The molecule has 0 spiro atoms. The van der Waals surface area contributed by atoms with Gasteiger partial charge in [-0.05, 0) is 36.8 Å². The molecule has 1 aliphatic rings. The maximum atomic E-state index is 11.9. The van der Waals surface area contributed by atoms with Gasteiger partial charge in [0.1, 0.15) is 11.5 Å². The molecule has 7 nitrogen and oxygen atoms in total. The lowest BCUT2D eigenvalue weighted by Crippen LogP contribution is -2.32. The standard InChI is InChI=1S/C17H17N3O4S/c1-12-4-2-5-13(8-12)24-10-15(21)18-19-17-20(16(22)11-25-17)9-14-6-3-7-23-14/h2-8H,9-11H2,1H3,(H,18,21)/b19-17+. The normalized spacial score (nSPS) is 15.6. The van der Waals surface area contributed by atoms with Gasteiger partial charge in [0.15, 0.2) is 11.8 Å². The van der Waals surface area contributed by atoms with E-state index in [0.29, 0.717) is 16.7 Å². The highest BCUT2D eigenvalue weighted by atomic mass is 32.2. The van der Waals surface area contributed by atoms with E-state index < -0.39 is 5.91 Å². The highest BCUT2D eigenvalue weighted by molar-refractivity contribution is 8.15. The third-order valence-electron chi connectivity index (χ3n) is 3.39. The minimum Gasteiger partial charge on any atom is -0.484 e. The summed E-state index contributed by atoms with van der Waals surface area (Å²) in [5.41, 5.74) is 3.47. The summed E-state index contributed by atoms with van der Waals surface area (Å²) in [5.74, 6) is 1.08. The van der Waals surface area contributed by atoms with Gasteiger partial charge >= 0.3 is 0 Å². The Balaban J connectivity index is 1.54. The van der Waals surface area contributed by atoms with Gasteiger partial charge in [0, 0.05) is 0 Å². The van der Waals surface area contributed by atoms with Gasteiger partial charge in [0.25, 0.3) is 5.91 Å². The first kappa shape index (κ1) is 17.1. The number of ether oxygens (including phenoxy) is 1. The fraction of sp³-hybridized carbons (Fsp3) is 0.235. The predicted molar refractivity (Wildman–Crippen MR) is 94.0 cm³/mol. The quantitative estimate of drug-likeness (QED) is 0.799. The lowest BCUT2D eigenvalue weighted by Gasteiger charge is -2.14. The Labute approximate surface area is 149 Å². The zero-order chi connectivity index (χ0) is 17.6. The summed E-state index contributed by atoms with van der Waals surface area (Å²) >= 11 is 1.27. The Bertz CT molecular complexity index is 789. The van der Waals surface area contributed by atoms with Crippen LogP contribution in [-0.2, 0) is 16.1 Å². The van der Waals surface area contributed by atoms with E-state index in [-0.39, 0.29) is 24.8 Å². The van der Waals surface area contributed by atoms with Crippen LogP contribution in [0.4, 0.5) is 0 Å². The van der Waals surface area contributed by atoms with Crippen LogP contribution in [0.3, 0.4) is 0 Å². The Hall–Kier alpha value is -2.74. The Morgan fingerprint density at radius 3 is 3.04 bits per heavy atom. The molecule has 1 N–H and O–H groups in total.